The van der Waals surface area contributed by atoms with E-state index < -0.39 is 5.54 Å². The molecule has 0 aliphatic carbocycles. The maximum absolute atomic E-state index is 12.2. The Morgan fingerprint density at radius 1 is 1.31 bits per heavy atom. The number of ketones is 1. The van der Waals surface area contributed by atoms with Crippen LogP contribution >= 0.6 is 0 Å². The van der Waals surface area contributed by atoms with Crippen LogP contribution in [0.15, 0.2) is 24.3 Å². The standard InChI is InChI=1S/C12H8N2O2/c13-7-12-6-5-10(15)14(12)9-4-2-1-3-8(9)11(12)16/h1-4H,5-6H2. The minimum Gasteiger partial charge on any atom is -0.290 e. The molecule has 1 aromatic carbocycles. The van der Waals surface area contributed by atoms with Crippen molar-refractivity contribution in [3.05, 3.63) is 29.8 Å². The van der Waals surface area contributed by atoms with Gasteiger partial charge in [0.25, 0.3) is 0 Å². The van der Waals surface area contributed by atoms with Crippen molar-refractivity contribution in [2.75, 3.05) is 4.90 Å². The highest BCUT2D eigenvalue weighted by atomic mass is 16.2. The molecule has 78 valence electrons. The van der Waals surface area contributed by atoms with Gasteiger partial charge in [-0.25, -0.2) is 0 Å². The van der Waals surface area contributed by atoms with Gasteiger partial charge in [-0.2, -0.15) is 5.26 Å². The van der Waals surface area contributed by atoms with Gasteiger partial charge < -0.3 is 0 Å². The quantitative estimate of drug-likeness (QED) is 0.650. The number of hydrogen-bond acceptors (Lipinski definition) is 3. The van der Waals surface area contributed by atoms with E-state index in [0.717, 1.165) is 0 Å². The molecule has 4 heteroatoms. The van der Waals surface area contributed by atoms with Crippen LogP contribution in [-0.4, -0.2) is 17.2 Å². The molecule has 2 aliphatic rings. The van der Waals surface area contributed by atoms with Crippen LogP contribution < -0.4 is 4.90 Å². The van der Waals surface area contributed by atoms with Crippen molar-refractivity contribution in [1.29, 1.82) is 5.26 Å². The monoisotopic (exact) mass is 212 g/mol. The van der Waals surface area contributed by atoms with E-state index in [4.69, 9.17) is 0 Å². The van der Waals surface area contributed by atoms with E-state index in [1.807, 2.05) is 6.07 Å². The summed E-state index contributed by atoms with van der Waals surface area (Å²) >= 11 is 0. The van der Waals surface area contributed by atoms with Gasteiger partial charge in [0.05, 0.1) is 11.8 Å². The van der Waals surface area contributed by atoms with E-state index in [2.05, 4.69) is 0 Å². The van der Waals surface area contributed by atoms with Gasteiger partial charge in [-0.3, -0.25) is 14.5 Å². The summed E-state index contributed by atoms with van der Waals surface area (Å²) in [6.07, 6.45) is 0.573. The molecule has 0 aromatic heterocycles. The maximum Gasteiger partial charge on any atom is 0.228 e. The zero-order valence-corrected chi connectivity index (χ0v) is 8.43. The molecule has 4 nitrogen and oxygen atoms in total. The number of nitrogens with zero attached hydrogens (tertiary/aromatic N) is 2. The number of carbonyl (C=O) groups excluding carboxylic acids is 2. The van der Waals surface area contributed by atoms with Crippen molar-refractivity contribution >= 4 is 17.4 Å². The summed E-state index contributed by atoms with van der Waals surface area (Å²) in [7, 11) is 0. The lowest BCUT2D eigenvalue weighted by molar-refractivity contribution is -0.117. The predicted molar refractivity (Wildman–Crippen MR) is 55.8 cm³/mol. The highest BCUT2D eigenvalue weighted by molar-refractivity contribution is 6.23. The molecule has 0 saturated carbocycles. The Bertz CT molecular complexity index is 558. The Kier molecular flexibility index (Phi) is 1.54. The van der Waals surface area contributed by atoms with Crippen LogP contribution in [0, 0.1) is 11.3 Å². The Balaban J connectivity index is 2.31. The summed E-state index contributed by atoms with van der Waals surface area (Å²) in [6.45, 7) is 0. The molecule has 0 spiro atoms. The van der Waals surface area contributed by atoms with Gasteiger partial charge in [-0.1, -0.05) is 12.1 Å². The number of fused-ring (bicyclic) bond motifs is 3. The Hall–Kier alpha value is -2.15. The second-order valence-corrected chi connectivity index (χ2v) is 4.05. The van der Waals surface area contributed by atoms with Gasteiger partial charge in [0.15, 0.2) is 5.54 Å². The van der Waals surface area contributed by atoms with E-state index >= 15 is 0 Å². The molecule has 3 rings (SSSR count). The zero-order valence-electron chi connectivity index (χ0n) is 8.43. The van der Waals surface area contributed by atoms with E-state index in [-0.39, 0.29) is 18.1 Å². The van der Waals surface area contributed by atoms with Crippen LogP contribution in [-0.2, 0) is 4.79 Å². The molecule has 2 aliphatic heterocycles. The summed E-state index contributed by atoms with van der Waals surface area (Å²) in [5.74, 6) is -0.378. The minimum absolute atomic E-state index is 0.139. The van der Waals surface area contributed by atoms with Crippen LogP contribution in [0.5, 0.6) is 0 Å². The number of Topliss-reactive ketones (excluding diaryl/α,β-unsaturated/α-hetero) is 1. The Labute approximate surface area is 92.1 Å². The van der Waals surface area contributed by atoms with Gasteiger partial charge in [-0.15, -0.1) is 0 Å². The molecule has 1 saturated heterocycles. The van der Waals surface area contributed by atoms with Crippen LogP contribution in [0.25, 0.3) is 0 Å². The third-order valence-corrected chi connectivity index (χ3v) is 3.28. The lowest BCUT2D eigenvalue weighted by Gasteiger charge is -2.22. The molecule has 1 fully saturated rings. The topological polar surface area (TPSA) is 61.2 Å². The number of anilines is 1. The zero-order chi connectivity index (χ0) is 11.3. The van der Waals surface area contributed by atoms with Crippen molar-refractivity contribution in [2.24, 2.45) is 0 Å². The second-order valence-electron chi connectivity index (χ2n) is 4.05. The largest absolute Gasteiger partial charge is 0.290 e. The molecule has 1 amide bonds. The highest BCUT2D eigenvalue weighted by Gasteiger charge is 2.58. The average Bonchev–Trinajstić information content (AvgIpc) is 2.77. The Morgan fingerprint density at radius 2 is 2.06 bits per heavy atom. The van der Waals surface area contributed by atoms with Gasteiger partial charge in [0.1, 0.15) is 0 Å². The van der Waals surface area contributed by atoms with Crippen LogP contribution in [0.3, 0.4) is 0 Å². The fourth-order valence-electron chi connectivity index (χ4n) is 2.52. The molecule has 0 bridgehead atoms. The summed E-state index contributed by atoms with van der Waals surface area (Å²) in [6, 6.07) is 8.92. The first-order chi connectivity index (χ1) is 7.70. The number of para-hydroxylation sites is 1. The van der Waals surface area contributed by atoms with Gasteiger partial charge >= 0.3 is 0 Å². The fraction of sp³-hybridized carbons (Fsp3) is 0.250. The van der Waals surface area contributed by atoms with Crippen molar-refractivity contribution in [1.82, 2.24) is 0 Å². The van der Waals surface area contributed by atoms with Gasteiger partial charge in [0.2, 0.25) is 11.7 Å². The van der Waals surface area contributed by atoms with Crippen molar-refractivity contribution in [3.63, 3.8) is 0 Å². The predicted octanol–water partition coefficient (Wildman–Crippen LogP) is 1.27. The smallest absolute Gasteiger partial charge is 0.228 e. The van der Waals surface area contributed by atoms with E-state index in [1.165, 1.54) is 4.90 Å². The highest BCUT2D eigenvalue weighted by Crippen LogP contribution is 2.45. The van der Waals surface area contributed by atoms with Crippen molar-refractivity contribution in [3.8, 4) is 6.07 Å². The van der Waals surface area contributed by atoms with E-state index in [9.17, 15) is 14.9 Å². The number of nitriles is 1. The normalized spacial score (nSPS) is 26.6. The lowest BCUT2D eigenvalue weighted by atomic mass is 9.92. The summed E-state index contributed by atoms with van der Waals surface area (Å²) in [4.78, 5) is 25.3. The molecule has 0 radical (unpaired) electrons. The van der Waals surface area contributed by atoms with Crippen molar-refractivity contribution in [2.45, 2.75) is 18.4 Å². The van der Waals surface area contributed by atoms with E-state index in [0.29, 0.717) is 17.7 Å². The first-order valence-corrected chi connectivity index (χ1v) is 5.09. The number of rotatable bonds is 0. The number of amides is 1. The number of benzene rings is 1. The molecular weight excluding hydrogens is 204 g/mol. The molecule has 0 N–H and O–H groups in total. The Morgan fingerprint density at radius 3 is 2.81 bits per heavy atom. The third kappa shape index (κ3) is 0.797. The van der Waals surface area contributed by atoms with Crippen LogP contribution in [0.2, 0.25) is 0 Å². The molecule has 16 heavy (non-hydrogen) atoms. The van der Waals surface area contributed by atoms with Crippen LogP contribution in [0.4, 0.5) is 5.69 Å². The summed E-state index contributed by atoms with van der Waals surface area (Å²) < 4.78 is 0. The SMILES string of the molecule is N#CC12CCC(=O)N1c1ccccc1C2=O. The molecule has 1 atom stereocenters. The first kappa shape index (κ1) is 9.10. The summed E-state index contributed by atoms with van der Waals surface area (Å²) in [5.41, 5.74) is -0.200. The minimum atomic E-state index is -1.26. The second kappa shape index (κ2) is 2.70. The molecule has 1 unspecified atom stereocenters. The van der Waals surface area contributed by atoms with E-state index in [1.54, 1.807) is 24.3 Å². The fourth-order valence-corrected chi connectivity index (χ4v) is 2.52. The van der Waals surface area contributed by atoms with Gasteiger partial charge in [0, 0.05) is 18.4 Å². The number of carbonyl (C=O) groups is 2. The number of hydrogen-bond donors (Lipinski definition) is 0. The average molecular weight is 212 g/mol. The van der Waals surface area contributed by atoms with Crippen LogP contribution in [0.1, 0.15) is 23.2 Å². The molecular formula is C12H8N2O2. The first-order valence-electron chi connectivity index (χ1n) is 5.09. The summed E-state index contributed by atoms with van der Waals surface area (Å²) in [5, 5.41) is 9.22. The third-order valence-electron chi connectivity index (χ3n) is 3.28. The molecule has 1 aromatic rings. The molecule has 2 heterocycles. The maximum atomic E-state index is 12.2. The lowest BCUT2D eigenvalue weighted by Crippen LogP contribution is -2.45. The van der Waals surface area contributed by atoms with Crippen molar-refractivity contribution < 1.29 is 9.59 Å². The van der Waals surface area contributed by atoms with Gasteiger partial charge in [-0.05, 0) is 12.1 Å².